The van der Waals surface area contributed by atoms with Gasteiger partial charge in [-0.15, -0.1) is 11.8 Å². The van der Waals surface area contributed by atoms with E-state index in [0.29, 0.717) is 19.2 Å². The lowest BCUT2D eigenvalue weighted by Gasteiger charge is -2.35. The first-order valence-electron chi connectivity index (χ1n) is 8.80. The van der Waals surface area contributed by atoms with Crippen LogP contribution < -0.4 is 14.8 Å². The first kappa shape index (κ1) is 18.4. The molecule has 2 saturated heterocycles. The normalized spacial score (nSPS) is 24.3. The number of amides is 1. The van der Waals surface area contributed by atoms with Crippen LogP contribution in [-0.2, 0) is 4.79 Å². The minimum atomic E-state index is 0.0654. The number of carbonyl (C=O) groups is 1. The maximum Gasteiger partial charge on any atom is 0.237 e. The topological polar surface area (TPSA) is 54.0 Å². The third-order valence-corrected chi connectivity index (χ3v) is 5.93. The van der Waals surface area contributed by atoms with E-state index < -0.39 is 0 Å². The molecule has 1 aromatic carbocycles. The summed E-state index contributed by atoms with van der Waals surface area (Å²) in [5.41, 5.74) is 0. The second kappa shape index (κ2) is 8.78. The molecule has 25 heavy (non-hydrogen) atoms. The van der Waals surface area contributed by atoms with Crippen LogP contribution in [0.25, 0.3) is 0 Å². The Morgan fingerprint density at radius 3 is 2.88 bits per heavy atom. The predicted molar refractivity (Wildman–Crippen MR) is 100 cm³/mol. The van der Waals surface area contributed by atoms with Gasteiger partial charge in [-0.25, -0.2) is 0 Å². The molecular weight excluding hydrogens is 338 g/mol. The second-order valence-corrected chi connectivity index (χ2v) is 7.68. The Kier molecular flexibility index (Phi) is 6.45. The number of hydrogen-bond acceptors (Lipinski definition) is 6. The van der Waals surface area contributed by atoms with Gasteiger partial charge in [0, 0.05) is 38.0 Å². The van der Waals surface area contributed by atoms with Crippen LogP contribution in [0.5, 0.6) is 11.5 Å². The maximum absolute atomic E-state index is 12.8. The van der Waals surface area contributed by atoms with E-state index in [1.54, 1.807) is 18.9 Å². The van der Waals surface area contributed by atoms with Gasteiger partial charge in [0.25, 0.3) is 0 Å². The van der Waals surface area contributed by atoms with Gasteiger partial charge in [-0.2, -0.15) is 0 Å². The van der Waals surface area contributed by atoms with Crippen LogP contribution in [-0.4, -0.2) is 79.3 Å². The minimum absolute atomic E-state index is 0.0654. The number of ether oxygens (including phenoxy) is 2. The van der Waals surface area contributed by atoms with Gasteiger partial charge in [0.05, 0.1) is 13.7 Å². The third kappa shape index (κ3) is 4.59. The molecule has 0 aliphatic carbocycles. The summed E-state index contributed by atoms with van der Waals surface area (Å²) in [5, 5.41) is 3.43. The predicted octanol–water partition coefficient (Wildman–Crippen LogP) is 1.27. The monoisotopic (exact) mass is 365 g/mol. The molecule has 1 N–H and O–H groups in total. The highest BCUT2D eigenvalue weighted by molar-refractivity contribution is 8.00. The van der Waals surface area contributed by atoms with Crippen LogP contribution in [0.1, 0.15) is 6.92 Å². The van der Waals surface area contributed by atoms with E-state index in [2.05, 4.69) is 17.1 Å². The van der Waals surface area contributed by atoms with Crippen molar-refractivity contribution in [1.82, 2.24) is 15.1 Å². The number of nitrogens with one attached hydrogen (secondary N) is 1. The molecule has 1 aromatic rings. The smallest absolute Gasteiger partial charge is 0.237 e. The van der Waals surface area contributed by atoms with Crippen LogP contribution in [0.3, 0.4) is 0 Å². The highest BCUT2D eigenvalue weighted by Gasteiger charge is 2.32. The van der Waals surface area contributed by atoms with Crippen molar-refractivity contribution in [3.8, 4) is 11.5 Å². The van der Waals surface area contributed by atoms with Gasteiger partial charge in [-0.3, -0.25) is 9.69 Å². The lowest BCUT2D eigenvalue weighted by atomic mass is 10.2. The van der Waals surface area contributed by atoms with E-state index >= 15 is 0 Å². The number of para-hydroxylation sites is 2. The van der Waals surface area contributed by atoms with Crippen molar-refractivity contribution in [1.29, 1.82) is 0 Å². The first-order chi connectivity index (χ1) is 12.2. The van der Waals surface area contributed by atoms with Crippen LogP contribution in [0, 0.1) is 0 Å². The largest absolute Gasteiger partial charge is 0.493 e. The van der Waals surface area contributed by atoms with E-state index in [4.69, 9.17) is 9.47 Å². The molecule has 0 saturated carbocycles. The second-order valence-electron chi connectivity index (χ2n) is 6.40. The Morgan fingerprint density at radius 1 is 1.32 bits per heavy atom. The first-order valence-corrected chi connectivity index (χ1v) is 9.85. The molecule has 7 heteroatoms. The molecule has 2 aliphatic rings. The molecular formula is C18H27N3O3S. The summed E-state index contributed by atoms with van der Waals surface area (Å²) >= 11 is 1.78. The number of benzene rings is 1. The Hall–Kier alpha value is -1.44. The molecule has 6 nitrogen and oxygen atoms in total. The Morgan fingerprint density at radius 2 is 2.12 bits per heavy atom. The molecule has 0 spiro atoms. The van der Waals surface area contributed by atoms with Crippen molar-refractivity contribution < 1.29 is 14.3 Å². The van der Waals surface area contributed by atoms with Gasteiger partial charge in [-0.05, 0) is 19.1 Å². The average molecular weight is 365 g/mol. The molecule has 0 bridgehead atoms. The SMILES string of the molecule is COc1ccccc1OCC1SCCN1C(=O)CN1CCNCC1C. The molecule has 2 heterocycles. The number of methoxy groups -OCH3 is 1. The highest BCUT2D eigenvalue weighted by Crippen LogP contribution is 2.29. The number of thioether (sulfide) groups is 1. The quantitative estimate of drug-likeness (QED) is 0.819. The van der Waals surface area contributed by atoms with Crippen molar-refractivity contribution in [2.24, 2.45) is 0 Å². The van der Waals surface area contributed by atoms with E-state index in [1.165, 1.54) is 0 Å². The lowest BCUT2D eigenvalue weighted by molar-refractivity contribution is -0.133. The zero-order valence-corrected chi connectivity index (χ0v) is 15.8. The van der Waals surface area contributed by atoms with Gasteiger partial charge < -0.3 is 19.7 Å². The fraction of sp³-hybridized carbons (Fsp3) is 0.611. The summed E-state index contributed by atoms with van der Waals surface area (Å²) in [4.78, 5) is 17.0. The van der Waals surface area contributed by atoms with Gasteiger partial charge >= 0.3 is 0 Å². The zero-order chi connectivity index (χ0) is 17.6. The summed E-state index contributed by atoms with van der Waals surface area (Å²) in [6.45, 7) is 6.76. The molecule has 2 unspecified atom stereocenters. The fourth-order valence-electron chi connectivity index (χ4n) is 3.23. The highest BCUT2D eigenvalue weighted by atomic mass is 32.2. The molecule has 2 aliphatic heterocycles. The van der Waals surface area contributed by atoms with Crippen LogP contribution >= 0.6 is 11.8 Å². The van der Waals surface area contributed by atoms with Gasteiger partial charge in [0.15, 0.2) is 11.5 Å². The van der Waals surface area contributed by atoms with Gasteiger partial charge in [0.2, 0.25) is 5.91 Å². The van der Waals surface area contributed by atoms with Crippen molar-refractivity contribution >= 4 is 17.7 Å². The number of carbonyl (C=O) groups excluding carboxylic acids is 1. The van der Waals surface area contributed by atoms with Gasteiger partial charge in [0.1, 0.15) is 12.0 Å². The molecule has 0 radical (unpaired) electrons. The summed E-state index contributed by atoms with van der Waals surface area (Å²) in [5.74, 6) is 2.61. The molecule has 1 amide bonds. The number of rotatable bonds is 6. The number of hydrogen-bond donors (Lipinski definition) is 1. The van der Waals surface area contributed by atoms with E-state index in [-0.39, 0.29) is 11.3 Å². The summed E-state index contributed by atoms with van der Waals surface area (Å²) in [6.07, 6.45) is 0. The standard InChI is InChI=1S/C18H27N3O3S/c1-14-11-19-7-8-20(14)12-17(22)21-9-10-25-18(21)13-24-16-6-4-3-5-15(16)23-2/h3-6,14,18-19H,7-13H2,1-2H3. The number of piperazine rings is 1. The molecule has 138 valence electrons. The van der Waals surface area contributed by atoms with Crippen LogP contribution in [0.2, 0.25) is 0 Å². The van der Waals surface area contributed by atoms with E-state index in [1.807, 2.05) is 29.2 Å². The van der Waals surface area contributed by atoms with Crippen molar-refractivity contribution in [2.45, 2.75) is 18.3 Å². The summed E-state index contributed by atoms with van der Waals surface area (Å²) in [7, 11) is 1.64. The summed E-state index contributed by atoms with van der Waals surface area (Å²) in [6, 6.07) is 8.02. The van der Waals surface area contributed by atoms with Crippen LogP contribution in [0.4, 0.5) is 0 Å². The molecule has 0 aromatic heterocycles. The lowest BCUT2D eigenvalue weighted by Crippen LogP contribution is -2.53. The fourth-order valence-corrected chi connectivity index (χ4v) is 4.37. The molecule has 2 fully saturated rings. The van der Waals surface area contributed by atoms with Crippen molar-refractivity contribution in [3.63, 3.8) is 0 Å². The minimum Gasteiger partial charge on any atom is -0.493 e. The Balaban J connectivity index is 1.55. The molecule has 2 atom stereocenters. The van der Waals surface area contributed by atoms with Crippen LogP contribution in [0.15, 0.2) is 24.3 Å². The van der Waals surface area contributed by atoms with Crippen molar-refractivity contribution in [2.75, 3.05) is 52.2 Å². The summed E-state index contributed by atoms with van der Waals surface area (Å²) < 4.78 is 11.3. The molecule has 3 rings (SSSR count). The van der Waals surface area contributed by atoms with Crippen molar-refractivity contribution in [3.05, 3.63) is 24.3 Å². The third-order valence-electron chi connectivity index (χ3n) is 4.74. The van der Waals surface area contributed by atoms with E-state index in [0.717, 1.165) is 43.4 Å². The maximum atomic E-state index is 12.8. The zero-order valence-electron chi connectivity index (χ0n) is 14.9. The Labute approximate surface area is 153 Å². The van der Waals surface area contributed by atoms with E-state index in [9.17, 15) is 4.79 Å². The Bertz CT molecular complexity index is 586. The van der Waals surface area contributed by atoms with Gasteiger partial charge in [-0.1, -0.05) is 12.1 Å². The average Bonchev–Trinajstić information content (AvgIpc) is 3.11. The number of nitrogens with zero attached hydrogens (tertiary/aromatic N) is 2.